The van der Waals surface area contributed by atoms with E-state index in [1.54, 1.807) is 12.3 Å². The number of alkyl halides is 3. The standard InChI is InChI=1S/C22H16F4N8/c23-17-9-13(22(24,25)26)1-2-14(17)18-16(20-30-7-8-31-20)11-33-21(34-18)32-6-4-12-3-5-29-19(28)15(12)10-27/h1-3,5,7-9,11H,4,6H2,(H2,28,29)(H,30,31)(H,32,33,34). The molecule has 0 atom stereocenters. The first kappa shape index (κ1) is 22.7. The molecular weight excluding hydrogens is 452 g/mol. The van der Waals surface area contributed by atoms with Crippen LogP contribution in [0.5, 0.6) is 0 Å². The van der Waals surface area contributed by atoms with Gasteiger partial charge in [-0.3, -0.25) is 0 Å². The Labute approximate surface area is 190 Å². The molecule has 34 heavy (non-hydrogen) atoms. The van der Waals surface area contributed by atoms with E-state index >= 15 is 0 Å². The maximum Gasteiger partial charge on any atom is 0.416 e. The average Bonchev–Trinajstić information content (AvgIpc) is 3.33. The zero-order chi connectivity index (χ0) is 24.3. The summed E-state index contributed by atoms with van der Waals surface area (Å²) >= 11 is 0. The van der Waals surface area contributed by atoms with E-state index in [2.05, 4.69) is 30.2 Å². The lowest BCUT2D eigenvalue weighted by atomic mass is 10.0. The topological polar surface area (TPSA) is 129 Å². The van der Waals surface area contributed by atoms with Crippen molar-refractivity contribution in [2.75, 3.05) is 17.6 Å². The van der Waals surface area contributed by atoms with Gasteiger partial charge in [-0.1, -0.05) is 0 Å². The summed E-state index contributed by atoms with van der Waals surface area (Å²) in [6.45, 7) is 0.299. The fraction of sp³-hybridized carbons (Fsp3) is 0.136. The number of pyridine rings is 1. The largest absolute Gasteiger partial charge is 0.416 e. The molecule has 3 heterocycles. The van der Waals surface area contributed by atoms with Crippen LogP contribution < -0.4 is 11.1 Å². The molecule has 0 bridgehead atoms. The van der Waals surface area contributed by atoms with Crippen molar-refractivity contribution in [2.45, 2.75) is 12.6 Å². The molecular formula is C22H16F4N8. The molecule has 0 fully saturated rings. The molecule has 0 unspecified atom stereocenters. The van der Waals surface area contributed by atoms with E-state index < -0.39 is 17.6 Å². The van der Waals surface area contributed by atoms with Crippen molar-refractivity contribution >= 4 is 11.8 Å². The Hall–Kier alpha value is -4.53. The number of halogens is 4. The van der Waals surface area contributed by atoms with Crippen LogP contribution in [0.1, 0.15) is 16.7 Å². The van der Waals surface area contributed by atoms with Crippen LogP contribution in [0.15, 0.2) is 49.1 Å². The zero-order valence-corrected chi connectivity index (χ0v) is 17.4. The van der Waals surface area contributed by atoms with Gasteiger partial charge < -0.3 is 16.0 Å². The maximum atomic E-state index is 14.8. The second-order valence-electron chi connectivity index (χ2n) is 7.10. The Bertz CT molecular complexity index is 1360. The van der Waals surface area contributed by atoms with Crippen LogP contribution >= 0.6 is 0 Å². The molecule has 0 spiro atoms. The third kappa shape index (κ3) is 4.63. The van der Waals surface area contributed by atoms with Gasteiger partial charge >= 0.3 is 6.18 Å². The van der Waals surface area contributed by atoms with Crippen molar-refractivity contribution in [3.05, 3.63) is 71.6 Å². The van der Waals surface area contributed by atoms with Crippen molar-refractivity contribution in [1.29, 1.82) is 5.26 Å². The number of nitrogens with one attached hydrogen (secondary N) is 2. The molecule has 4 N–H and O–H groups in total. The van der Waals surface area contributed by atoms with Crippen LogP contribution in [0.2, 0.25) is 0 Å². The molecule has 0 aliphatic carbocycles. The quantitative estimate of drug-likeness (QED) is 0.362. The number of imidazole rings is 1. The normalized spacial score (nSPS) is 11.3. The number of nitriles is 1. The minimum atomic E-state index is -4.68. The van der Waals surface area contributed by atoms with Gasteiger partial charge in [-0.2, -0.15) is 18.4 Å². The Morgan fingerprint density at radius 2 is 1.91 bits per heavy atom. The SMILES string of the molecule is N#Cc1c(CCNc2ncc(-c3ncc[nH]3)c(-c3ccc(C(F)(F)F)cc3F)n2)ccnc1N. The fourth-order valence-corrected chi connectivity index (χ4v) is 3.31. The number of H-pyrrole nitrogens is 1. The maximum absolute atomic E-state index is 14.8. The first-order chi connectivity index (χ1) is 16.3. The minimum absolute atomic E-state index is 0.0598. The average molecular weight is 468 g/mol. The summed E-state index contributed by atoms with van der Waals surface area (Å²) in [5, 5.41) is 12.2. The first-order valence-corrected chi connectivity index (χ1v) is 9.89. The summed E-state index contributed by atoms with van der Waals surface area (Å²) in [6, 6.07) is 5.91. The summed E-state index contributed by atoms with van der Waals surface area (Å²) in [7, 11) is 0. The number of aromatic amines is 1. The molecule has 0 saturated heterocycles. The van der Waals surface area contributed by atoms with Crippen LogP contribution in [0.25, 0.3) is 22.6 Å². The fourth-order valence-electron chi connectivity index (χ4n) is 3.31. The number of rotatable bonds is 6. The molecule has 0 radical (unpaired) electrons. The third-order valence-electron chi connectivity index (χ3n) is 4.95. The van der Waals surface area contributed by atoms with Crippen molar-refractivity contribution in [3.63, 3.8) is 0 Å². The zero-order valence-electron chi connectivity index (χ0n) is 17.4. The van der Waals surface area contributed by atoms with Gasteiger partial charge in [0.25, 0.3) is 0 Å². The predicted molar refractivity (Wildman–Crippen MR) is 116 cm³/mol. The van der Waals surface area contributed by atoms with Gasteiger partial charge in [0, 0.05) is 36.9 Å². The third-order valence-corrected chi connectivity index (χ3v) is 4.95. The van der Waals surface area contributed by atoms with Gasteiger partial charge in [-0.05, 0) is 36.2 Å². The van der Waals surface area contributed by atoms with Crippen LogP contribution in [-0.2, 0) is 12.6 Å². The van der Waals surface area contributed by atoms with E-state index in [1.165, 1.54) is 18.6 Å². The summed E-state index contributed by atoms with van der Waals surface area (Å²) in [5.74, 6) is -0.519. The number of hydrogen-bond donors (Lipinski definition) is 3. The van der Waals surface area contributed by atoms with E-state index in [-0.39, 0.29) is 28.6 Å². The number of hydrogen-bond acceptors (Lipinski definition) is 7. The highest BCUT2D eigenvalue weighted by Crippen LogP contribution is 2.35. The van der Waals surface area contributed by atoms with E-state index in [1.807, 2.05) is 6.07 Å². The van der Waals surface area contributed by atoms with Crippen LogP contribution in [0.3, 0.4) is 0 Å². The summed E-state index contributed by atoms with van der Waals surface area (Å²) < 4.78 is 53.7. The summed E-state index contributed by atoms with van der Waals surface area (Å²) in [5.41, 5.74) is 5.78. The lowest BCUT2D eigenvalue weighted by Gasteiger charge is -2.13. The van der Waals surface area contributed by atoms with E-state index in [9.17, 15) is 22.8 Å². The van der Waals surface area contributed by atoms with E-state index in [4.69, 9.17) is 5.73 Å². The molecule has 0 aliphatic heterocycles. The molecule has 1 aromatic carbocycles. The Balaban J connectivity index is 1.65. The molecule has 8 nitrogen and oxygen atoms in total. The number of anilines is 2. The number of benzene rings is 1. The second-order valence-corrected chi connectivity index (χ2v) is 7.10. The molecule has 4 rings (SSSR count). The molecule has 4 aromatic rings. The predicted octanol–water partition coefficient (Wildman–Crippen LogP) is 4.20. The second kappa shape index (κ2) is 9.14. The van der Waals surface area contributed by atoms with Crippen molar-refractivity contribution in [1.82, 2.24) is 24.9 Å². The summed E-state index contributed by atoms with van der Waals surface area (Å²) in [6.07, 6.45) is 1.61. The Kier molecular flexibility index (Phi) is 6.09. The molecule has 12 heteroatoms. The Morgan fingerprint density at radius 3 is 2.59 bits per heavy atom. The minimum Gasteiger partial charge on any atom is -0.383 e. The highest BCUT2D eigenvalue weighted by molar-refractivity contribution is 5.78. The highest BCUT2D eigenvalue weighted by Gasteiger charge is 2.31. The van der Waals surface area contributed by atoms with Gasteiger partial charge in [-0.25, -0.2) is 24.3 Å². The monoisotopic (exact) mass is 468 g/mol. The van der Waals surface area contributed by atoms with Crippen molar-refractivity contribution < 1.29 is 17.6 Å². The molecule has 172 valence electrons. The first-order valence-electron chi connectivity index (χ1n) is 9.89. The number of nitrogens with zero attached hydrogens (tertiary/aromatic N) is 5. The smallest absolute Gasteiger partial charge is 0.383 e. The number of aromatic nitrogens is 5. The van der Waals surface area contributed by atoms with Gasteiger partial charge in [0.15, 0.2) is 0 Å². The van der Waals surface area contributed by atoms with Gasteiger partial charge in [-0.15, -0.1) is 0 Å². The lowest BCUT2D eigenvalue weighted by molar-refractivity contribution is -0.137. The Morgan fingerprint density at radius 1 is 1.09 bits per heavy atom. The lowest BCUT2D eigenvalue weighted by Crippen LogP contribution is -2.11. The van der Waals surface area contributed by atoms with Crippen LogP contribution in [0, 0.1) is 17.1 Å². The van der Waals surface area contributed by atoms with Crippen molar-refractivity contribution in [2.24, 2.45) is 0 Å². The van der Waals surface area contributed by atoms with Gasteiger partial charge in [0.05, 0.1) is 22.4 Å². The molecule has 0 amide bonds. The number of nitrogen functional groups attached to an aromatic ring is 1. The number of nitrogens with two attached hydrogens (primary N) is 1. The molecule has 0 saturated carbocycles. The highest BCUT2D eigenvalue weighted by atomic mass is 19.4. The van der Waals surface area contributed by atoms with E-state index in [0.717, 1.165) is 12.1 Å². The van der Waals surface area contributed by atoms with Gasteiger partial charge in [0.1, 0.15) is 23.5 Å². The molecule has 3 aromatic heterocycles. The van der Waals surface area contributed by atoms with Crippen LogP contribution in [-0.4, -0.2) is 31.5 Å². The van der Waals surface area contributed by atoms with Crippen molar-refractivity contribution in [3.8, 4) is 28.7 Å². The molecule has 0 aliphatic rings. The summed E-state index contributed by atoms with van der Waals surface area (Å²) in [4.78, 5) is 19.4. The van der Waals surface area contributed by atoms with E-state index in [0.29, 0.717) is 36.0 Å². The van der Waals surface area contributed by atoms with Crippen LogP contribution in [0.4, 0.5) is 29.3 Å². The van der Waals surface area contributed by atoms with Gasteiger partial charge in [0.2, 0.25) is 5.95 Å².